The highest BCUT2D eigenvalue weighted by Gasteiger charge is 1.90. The zero-order chi connectivity index (χ0) is 6.41. The van der Waals surface area contributed by atoms with Crippen LogP contribution in [-0.4, -0.2) is 13.4 Å². The van der Waals surface area contributed by atoms with Crippen molar-refractivity contribution in [3.63, 3.8) is 0 Å². The van der Waals surface area contributed by atoms with Crippen LogP contribution < -0.4 is 0 Å². The van der Waals surface area contributed by atoms with E-state index in [0.29, 0.717) is 0 Å². The van der Waals surface area contributed by atoms with E-state index in [-0.39, 0.29) is 6.29 Å². The van der Waals surface area contributed by atoms with E-state index in [1.165, 1.54) is 0 Å². The Bertz CT molecular complexity index is 68.9. The molecule has 0 aromatic heterocycles. The fourth-order valence-corrected chi connectivity index (χ4v) is 0.245. The molecule has 48 valence electrons. The van der Waals surface area contributed by atoms with Gasteiger partial charge in [0.25, 0.3) is 0 Å². The number of allylic oxidation sites excluding steroid dienone is 1. The quantitative estimate of drug-likeness (QED) is 0.411. The summed E-state index contributed by atoms with van der Waals surface area (Å²) < 4.78 is 9.72. The molecule has 0 heterocycles. The third-order valence-electron chi connectivity index (χ3n) is 0.738. The maximum absolute atomic E-state index is 4.94. The van der Waals surface area contributed by atoms with Crippen molar-refractivity contribution in [1.82, 2.24) is 0 Å². The fraction of sp³-hybridized carbons (Fsp3) is 0.667. The van der Waals surface area contributed by atoms with Gasteiger partial charge in [-0.2, -0.15) is 0 Å². The van der Waals surface area contributed by atoms with Gasteiger partial charge in [-0.05, 0) is 13.8 Å². The molecule has 0 saturated carbocycles. The molecule has 0 N–H and O–H groups in total. The molecule has 0 spiro atoms. The van der Waals surface area contributed by atoms with Gasteiger partial charge >= 0.3 is 0 Å². The Morgan fingerprint density at radius 3 is 2.50 bits per heavy atom. The molecule has 0 fully saturated rings. The number of hydrogen-bond donors (Lipinski definition) is 0. The zero-order valence-electron chi connectivity index (χ0n) is 5.55. The van der Waals surface area contributed by atoms with E-state index in [2.05, 4.69) is 0 Å². The Hall–Kier alpha value is -0.500. The standard InChI is InChI=1S/C6H12O2/c1-4-5-8-6(2)7-3/h4-6H,1-3H3/b5-4-. The van der Waals surface area contributed by atoms with E-state index in [4.69, 9.17) is 9.47 Å². The average Bonchev–Trinajstić information content (AvgIpc) is 1.83. The summed E-state index contributed by atoms with van der Waals surface area (Å²) in [6.07, 6.45) is 3.29. The van der Waals surface area contributed by atoms with Crippen LogP contribution in [-0.2, 0) is 9.47 Å². The summed E-state index contributed by atoms with van der Waals surface area (Å²) in [5.41, 5.74) is 0. The van der Waals surface area contributed by atoms with Gasteiger partial charge in [0.15, 0.2) is 6.29 Å². The van der Waals surface area contributed by atoms with Gasteiger partial charge < -0.3 is 9.47 Å². The number of ether oxygens (including phenoxy) is 2. The molecule has 0 bridgehead atoms. The summed E-state index contributed by atoms with van der Waals surface area (Å²) in [5, 5.41) is 0. The van der Waals surface area contributed by atoms with E-state index in [1.807, 2.05) is 19.9 Å². The van der Waals surface area contributed by atoms with Crippen molar-refractivity contribution in [1.29, 1.82) is 0 Å². The molecule has 0 saturated heterocycles. The SMILES string of the molecule is C/C=C\OC(C)OC. The van der Waals surface area contributed by atoms with Gasteiger partial charge in [-0.3, -0.25) is 0 Å². The van der Waals surface area contributed by atoms with E-state index in [9.17, 15) is 0 Å². The lowest BCUT2D eigenvalue weighted by molar-refractivity contribution is -0.0679. The van der Waals surface area contributed by atoms with Crippen LogP contribution in [0.2, 0.25) is 0 Å². The molecule has 8 heavy (non-hydrogen) atoms. The second kappa shape index (κ2) is 4.65. The first-order valence-electron chi connectivity index (χ1n) is 2.60. The Labute approximate surface area is 50.1 Å². The average molecular weight is 116 g/mol. The summed E-state index contributed by atoms with van der Waals surface area (Å²) in [5.74, 6) is 0. The Morgan fingerprint density at radius 2 is 2.12 bits per heavy atom. The van der Waals surface area contributed by atoms with Gasteiger partial charge in [-0.1, -0.05) is 6.08 Å². The van der Waals surface area contributed by atoms with Crippen molar-refractivity contribution >= 4 is 0 Å². The minimum absolute atomic E-state index is 0.133. The van der Waals surface area contributed by atoms with Gasteiger partial charge in [0.2, 0.25) is 0 Å². The third kappa shape index (κ3) is 3.68. The summed E-state index contributed by atoms with van der Waals surface area (Å²) in [6, 6.07) is 0. The van der Waals surface area contributed by atoms with Crippen molar-refractivity contribution < 1.29 is 9.47 Å². The lowest BCUT2D eigenvalue weighted by Gasteiger charge is -2.06. The molecule has 0 aliphatic heterocycles. The maximum atomic E-state index is 4.94. The smallest absolute Gasteiger partial charge is 0.195 e. The van der Waals surface area contributed by atoms with E-state index >= 15 is 0 Å². The molecule has 1 atom stereocenters. The molecular formula is C6H12O2. The zero-order valence-corrected chi connectivity index (χ0v) is 5.55. The fourth-order valence-electron chi connectivity index (χ4n) is 0.245. The van der Waals surface area contributed by atoms with E-state index < -0.39 is 0 Å². The van der Waals surface area contributed by atoms with Gasteiger partial charge in [-0.15, -0.1) is 0 Å². The first-order valence-corrected chi connectivity index (χ1v) is 2.60. The number of methoxy groups -OCH3 is 1. The molecule has 0 radical (unpaired) electrons. The van der Waals surface area contributed by atoms with Crippen LogP contribution in [0.4, 0.5) is 0 Å². The van der Waals surface area contributed by atoms with Crippen molar-refractivity contribution in [2.75, 3.05) is 7.11 Å². The first kappa shape index (κ1) is 7.50. The normalized spacial score (nSPS) is 14.4. The molecule has 0 rings (SSSR count). The molecule has 2 nitrogen and oxygen atoms in total. The van der Waals surface area contributed by atoms with Crippen LogP contribution in [0.5, 0.6) is 0 Å². The van der Waals surface area contributed by atoms with E-state index in [1.54, 1.807) is 13.4 Å². The maximum Gasteiger partial charge on any atom is 0.195 e. The number of rotatable bonds is 3. The highest BCUT2D eigenvalue weighted by atomic mass is 16.7. The molecule has 0 aliphatic rings. The van der Waals surface area contributed by atoms with Gasteiger partial charge in [0.1, 0.15) is 0 Å². The highest BCUT2D eigenvalue weighted by Crippen LogP contribution is 1.89. The second-order valence-corrected chi connectivity index (χ2v) is 1.41. The minimum Gasteiger partial charge on any atom is -0.473 e. The van der Waals surface area contributed by atoms with Crippen molar-refractivity contribution in [3.8, 4) is 0 Å². The third-order valence-corrected chi connectivity index (χ3v) is 0.738. The van der Waals surface area contributed by atoms with Crippen LogP contribution in [0.1, 0.15) is 13.8 Å². The molecule has 2 heteroatoms. The predicted octanol–water partition coefficient (Wildman–Crippen LogP) is 1.53. The Kier molecular flexibility index (Phi) is 4.36. The van der Waals surface area contributed by atoms with Crippen LogP contribution >= 0.6 is 0 Å². The number of hydrogen-bond acceptors (Lipinski definition) is 2. The largest absolute Gasteiger partial charge is 0.473 e. The summed E-state index contributed by atoms with van der Waals surface area (Å²) in [4.78, 5) is 0. The predicted molar refractivity (Wildman–Crippen MR) is 32.4 cm³/mol. The van der Waals surface area contributed by atoms with Crippen molar-refractivity contribution in [3.05, 3.63) is 12.3 Å². The Morgan fingerprint density at radius 1 is 1.50 bits per heavy atom. The van der Waals surface area contributed by atoms with Crippen molar-refractivity contribution in [2.45, 2.75) is 20.1 Å². The molecular weight excluding hydrogens is 104 g/mol. The molecule has 0 aromatic rings. The van der Waals surface area contributed by atoms with Gasteiger partial charge in [0, 0.05) is 7.11 Å². The topological polar surface area (TPSA) is 18.5 Å². The van der Waals surface area contributed by atoms with Crippen LogP contribution in [0, 0.1) is 0 Å². The first-order chi connectivity index (χ1) is 3.81. The molecule has 1 unspecified atom stereocenters. The van der Waals surface area contributed by atoms with Crippen LogP contribution in [0.3, 0.4) is 0 Å². The monoisotopic (exact) mass is 116 g/mol. The lowest BCUT2D eigenvalue weighted by Crippen LogP contribution is -2.04. The molecule has 0 aliphatic carbocycles. The van der Waals surface area contributed by atoms with Gasteiger partial charge in [0.05, 0.1) is 6.26 Å². The van der Waals surface area contributed by atoms with Crippen molar-refractivity contribution in [2.24, 2.45) is 0 Å². The summed E-state index contributed by atoms with van der Waals surface area (Å²) >= 11 is 0. The lowest BCUT2D eigenvalue weighted by atomic mass is 10.7. The molecule has 0 aromatic carbocycles. The highest BCUT2D eigenvalue weighted by molar-refractivity contribution is 4.65. The molecule has 0 amide bonds. The second-order valence-electron chi connectivity index (χ2n) is 1.41. The van der Waals surface area contributed by atoms with E-state index in [0.717, 1.165) is 0 Å². The van der Waals surface area contributed by atoms with Gasteiger partial charge in [-0.25, -0.2) is 0 Å². The minimum atomic E-state index is -0.133. The Balaban J connectivity index is 3.10. The summed E-state index contributed by atoms with van der Waals surface area (Å²) in [6.45, 7) is 3.72. The van der Waals surface area contributed by atoms with Crippen LogP contribution in [0.15, 0.2) is 12.3 Å². The van der Waals surface area contributed by atoms with Crippen LogP contribution in [0.25, 0.3) is 0 Å². The summed E-state index contributed by atoms with van der Waals surface area (Å²) in [7, 11) is 1.61.